The summed E-state index contributed by atoms with van der Waals surface area (Å²) in [6, 6.07) is 6.49. The second kappa shape index (κ2) is 6.01. The Bertz CT molecular complexity index is 539. The molecule has 1 heterocycles. The number of aromatic nitrogens is 2. The van der Waals surface area contributed by atoms with Gasteiger partial charge in [0.25, 0.3) is 0 Å². The maximum absolute atomic E-state index is 11.9. The van der Waals surface area contributed by atoms with Crippen LogP contribution in [0.1, 0.15) is 5.69 Å². The smallest absolute Gasteiger partial charge is 0.241 e. The third kappa shape index (κ3) is 3.56. The van der Waals surface area contributed by atoms with Crippen LogP contribution in [0, 0.1) is 0 Å². The Balaban J connectivity index is 1.96. The topological polar surface area (TPSA) is 93.0 Å². The fourth-order valence-electron chi connectivity index (χ4n) is 1.66. The molecule has 1 aromatic heterocycles. The van der Waals surface area contributed by atoms with Crippen molar-refractivity contribution in [1.82, 2.24) is 9.97 Å². The van der Waals surface area contributed by atoms with Crippen LogP contribution in [0.15, 0.2) is 36.8 Å². The van der Waals surface area contributed by atoms with Crippen LogP contribution < -0.4 is 15.8 Å². The summed E-state index contributed by atoms with van der Waals surface area (Å²) < 4.78 is 5.09. The summed E-state index contributed by atoms with van der Waals surface area (Å²) in [6.07, 6.45) is 3.62. The summed E-state index contributed by atoms with van der Waals surface area (Å²) in [7, 11) is 1.57. The van der Waals surface area contributed by atoms with Gasteiger partial charge in [0.15, 0.2) is 0 Å². The molecule has 19 heavy (non-hydrogen) atoms. The van der Waals surface area contributed by atoms with E-state index in [-0.39, 0.29) is 5.91 Å². The molecule has 0 aliphatic heterocycles. The summed E-state index contributed by atoms with van der Waals surface area (Å²) in [4.78, 5) is 18.7. The van der Waals surface area contributed by atoms with Crippen molar-refractivity contribution in [3.05, 3.63) is 42.5 Å². The lowest BCUT2D eigenvalue weighted by Gasteiger charge is -2.12. The average Bonchev–Trinajstić information content (AvgIpc) is 2.91. The van der Waals surface area contributed by atoms with E-state index in [1.54, 1.807) is 43.9 Å². The molecule has 1 amide bonds. The first kappa shape index (κ1) is 13.1. The zero-order chi connectivity index (χ0) is 13.7. The third-order valence-electron chi connectivity index (χ3n) is 2.67. The van der Waals surface area contributed by atoms with Crippen LogP contribution in [0.5, 0.6) is 5.75 Å². The number of nitrogens with two attached hydrogens (primary N) is 1. The zero-order valence-corrected chi connectivity index (χ0v) is 10.6. The van der Waals surface area contributed by atoms with E-state index in [0.717, 1.165) is 5.69 Å². The number of benzene rings is 1. The van der Waals surface area contributed by atoms with E-state index in [4.69, 9.17) is 10.5 Å². The minimum atomic E-state index is -0.633. The van der Waals surface area contributed by atoms with E-state index < -0.39 is 6.04 Å². The second-order valence-electron chi connectivity index (χ2n) is 4.11. The van der Waals surface area contributed by atoms with Gasteiger partial charge in [0.2, 0.25) is 5.91 Å². The molecule has 6 heteroatoms. The number of carbonyl (C=O) groups is 1. The van der Waals surface area contributed by atoms with Gasteiger partial charge in [-0.25, -0.2) is 4.98 Å². The Morgan fingerprint density at radius 3 is 3.11 bits per heavy atom. The molecule has 0 aliphatic rings. The molecule has 0 radical (unpaired) electrons. The van der Waals surface area contributed by atoms with Crippen LogP contribution >= 0.6 is 0 Å². The van der Waals surface area contributed by atoms with Crippen molar-refractivity contribution in [1.29, 1.82) is 0 Å². The molecular formula is C13H16N4O2. The molecule has 6 nitrogen and oxygen atoms in total. The summed E-state index contributed by atoms with van der Waals surface area (Å²) in [5, 5.41) is 2.75. The summed E-state index contributed by atoms with van der Waals surface area (Å²) in [6.45, 7) is 0. The lowest BCUT2D eigenvalue weighted by molar-refractivity contribution is -0.117. The summed E-state index contributed by atoms with van der Waals surface area (Å²) in [5.41, 5.74) is 7.32. The van der Waals surface area contributed by atoms with Crippen LogP contribution in [0.3, 0.4) is 0 Å². The average molecular weight is 260 g/mol. The molecule has 100 valence electrons. The summed E-state index contributed by atoms with van der Waals surface area (Å²) in [5.74, 6) is 0.433. The van der Waals surface area contributed by atoms with E-state index in [0.29, 0.717) is 17.9 Å². The van der Waals surface area contributed by atoms with Crippen LogP contribution in [0.2, 0.25) is 0 Å². The van der Waals surface area contributed by atoms with Crippen molar-refractivity contribution >= 4 is 11.6 Å². The number of hydrogen-bond donors (Lipinski definition) is 3. The number of nitrogens with one attached hydrogen (secondary N) is 2. The van der Waals surface area contributed by atoms with Crippen molar-refractivity contribution < 1.29 is 9.53 Å². The van der Waals surface area contributed by atoms with Crippen molar-refractivity contribution in [3.8, 4) is 5.75 Å². The van der Waals surface area contributed by atoms with Gasteiger partial charge in [-0.2, -0.15) is 0 Å². The maximum Gasteiger partial charge on any atom is 0.241 e. The number of hydrogen-bond acceptors (Lipinski definition) is 4. The highest BCUT2D eigenvalue weighted by Crippen LogP contribution is 2.16. The standard InChI is InChI=1S/C13H16N4O2/c1-19-11-4-2-3-9(5-11)17-13(18)12(14)6-10-7-15-8-16-10/h2-5,7-8,12H,6,14H2,1H3,(H,15,16)(H,17,18)/t12-/m1/s1. The Kier molecular flexibility index (Phi) is 4.15. The van der Waals surface area contributed by atoms with Crippen molar-refractivity contribution in [2.24, 2.45) is 5.73 Å². The Morgan fingerprint density at radius 2 is 2.42 bits per heavy atom. The van der Waals surface area contributed by atoms with Crippen molar-refractivity contribution in [2.75, 3.05) is 12.4 Å². The highest BCUT2D eigenvalue weighted by atomic mass is 16.5. The fraction of sp³-hybridized carbons (Fsp3) is 0.231. The van der Waals surface area contributed by atoms with Gasteiger partial charge >= 0.3 is 0 Å². The molecule has 1 aromatic carbocycles. The van der Waals surface area contributed by atoms with Gasteiger partial charge in [-0.1, -0.05) is 6.07 Å². The number of amides is 1. The van der Waals surface area contributed by atoms with Gasteiger partial charge in [0.05, 0.1) is 19.5 Å². The summed E-state index contributed by atoms with van der Waals surface area (Å²) >= 11 is 0. The Labute approximate surface area is 111 Å². The highest BCUT2D eigenvalue weighted by molar-refractivity contribution is 5.94. The first-order valence-electron chi connectivity index (χ1n) is 5.87. The maximum atomic E-state index is 11.9. The predicted octanol–water partition coefficient (Wildman–Crippen LogP) is 0.927. The van der Waals surface area contributed by atoms with Crippen LogP contribution in [0.25, 0.3) is 0 Å². The molecule has 0 spiro atoms. The molecule has 4 N–H and O–H groups in total. The van der Waals surface area contributed by atoms with Gasteiger partial charge in [-0.3, -0.25) is 4.79 Å². The largest absolute Gasteiger partial charge is 0.497 e. The Morgan fingerprint density at radius 1 is 1.58 bits per heavy atom. The molecular weight excluding hydrogens is 244 g/mol. The van der Waals surface area contributed by atoms with Crippen molar-refractivity contribution in [2.45, 2.75) is 12.5 Å². The first-order valence-corrected chi connectivity index (χ1v) is 5.87. The van der Waals surface area contributed by atoms with E-state index in [1.165, 1.54) is 0 Å². The zero-order valence-electron chi connectivity index (χ0n) is 10.6. The highest BCUT2D eigenvalue weighted by Gasteiger charge is 2.15. The quantitative estimate of drug-likeness (QED) is 0.745. The molecule has 2 rings (SSSR count). The molecule has 0 aliphatic carbocycles. The van der Waals surface area contributed by atoms with E-state index >= 15 is 0 Å². The van der Waals surface area contributed by atoms with E-state index in [1.807, 2.05) is 0 Å². The van der Waals surface area contributed by atoms with E-state index in [9.17, 15) is 4.79 Å². The molecule has 0 saturated carbocycles. The fourth-order valence-corrected chi connectivity index (χ4v) is 1.66. The first-order chi connectivity index (χ1) is 9.19. The van der Waals surface area contributed by atoms with Crippen LogP contribution in [-0.2, 0) is 11.2 Å². The van der Waals surface area contributed by atoms with Gasteiger partial charge in [-0.15, -0.1) is 0 Å². The third-order valence-corrected chi connectivity index (χ3v) is 2.67. The number of aromatic amines is 1. The SMILES string of the molecule is COc1cccc(NC(=O)[C@H](N)Cc2cnc[nH]2)c1. The van der Waals surface area contributed by atoms with E-state index in [2.05, 4.69) is 15.3 Å². The van der Waals surface area contributed by atoms with Crippen LogP contribution in [0.4, 0.5) is 5.69 Å². The number of H-pyrrole nitrogens is 1. The molecule has 0 saturated heterocycles. The van der Waals surface area contributed by atoms with Crippen molar-refractivity contribution in [3.63, 3.8) is 0 Å². The molecule has 1 atom stereocenters. The molecule has 0 bridgehead atoms. The normalized spacial score (nSPS) is 11.9. The Hall–Kier alpha value is -2.34. The number of rotatable bonds is 5. The minimum absolute atomic E-state index is 0.247. The minimum Gasteiger partial charge on any atom is -0.497 e. The molecule has 0 unspecified atom stereocenters. The van der Waals surface area contributed by atoms with Crippen LogP contribution in [-0.4, -0.2) is 29.0 Å². The molecule has 0 fully saturated rings. The number of methoxy groups -OCH3 is 1. The van der Waals surface area contributed by atoms with Gasteiger partial charge in [-0.05, 0) is 12.1 Å². The number of ether oxygens (including phenoxy) is 1. The lowest BCUT2D eigenvalue weighted by atomic mass is 10.1. The van der Waals surface area contributed by atoms with Gasteiger partial charge in [0, 0.05) is 30.1 Å². The number of anilines is 1. The van der Waals surface area contributed by atoms with Gasteiger partial charge < -0.3 is 20.8 Å². The monoisotopic (exact) mass is 260 g/mol. The van der Waals surface area contributed by atoms with Gasteiger partial charge in [0.1, 0.15) is 5.75 Å². The molecule has 2 aromatic rings. The number of nitrogens with zero attached hydrogens (tertiary/aromatic N) is 1. The lowest BCUT2D eigenvalue weighted by Crippen LogP contribution is -2.37. The number of carbonyl (C=O) groups excluding carboxylic acids is 1. The predicted molar refractivity (Wildman–Crippen MR) is 71.9 cm³/mol. The number of imidazole rings is 1. The second-order valence-corrected chi connectivity index (χ2v) is 4.11.